The van der Waals surface area contributed by atoms with Crippen LogP contribution in [0.15, 0.2) is 35.4 Å². The number of pyridine rings is 1. The van der Waals surface area contributed by atoms with Crippen LogP contribution in [0.5, 0.6) is 0 Å². The van der Waals surface area contributed by atoms with Crippen LogP contribution in [0.25, 0.3) is 11.4 Å². The van der Waals surface area contributed by atoms with Crippen LogP contribution in [-0.2, 0) is 13.0 Å². The van der Waals surface area contributed by atoms with Crippen molar-refractivity contribution in [2.24, 2.45) is 0 Å². The molecule has 26 heavy (non-hydrogen) atoms. The van der Waals surface area contributed by atoms with Crippen LogP contribution in [0.1, 0.15) is 37.2 Å². The second-order valence-electron chi connectivity index (χ2n) is 6.47. The Morgan fingerprint density at radius 1 is 1.38 bits per heavy atom. The van der Waals surface area contributed by atoms with E-state index in [1.165, 1.54) is 0 Å². The van der Waals surface area contributed by atoms with Gasteiger partial charge in [0.05, 0.1) is 24.3 Å². The summed E-state index contributed by atoms with van der Waals surface area (Å²) in [5.74, 6) is 0.865. The molecule has 2 N–H and O–H groups in total. The van der Waals surface area contributed by atoms with E-state index in [1.54, 1.807) is 23.6 Å². The molecule has 134 valence electrons. The van der Waals surface area contributed by atoms with Gasteiger partial charge in [0.25, 0.3) is 0 Å². The maximum atomic E-state index is 12.7. The fourth-order valence-corrected chi connectivity index (χ4v) is 2.99. The van der Waals surface area contributed by atoms with Crippen LogP contribution in [-0.4, -0.2) is 42.1 Å². The quantitative estimate of drug-likeness (QED) is 0.745. The minimum absolute atomic E-state index is 0.0291. The molecule has 0 fully saturated rings. The Hall–Kier alpha value is -3.23. The highest BCUT2D eigenvalue weighted by Gasteiger charge is 2.36. The lowest BCUT2D eigenvalue weighted by Crippen LogP contribution is -2.46. The number of H-pyrrole nitrogens is 1. The molecule has 3 aromatic rings. The van der Waals surface area contributed by atoms with Crippen molar-refractivity contribution < 1.29 is 9.32 Å². The van der Waals surface area contributed by atoms with Crippen LogP contribution in [0.3, 0.4) is 0 Å². The van der Waals surface area contributed by atoms with Gasteiger partial charge in [-0.1, -0.05) is 5.16 Å². The predicted octanol–water partition coefficient (Wildman–Crippen LogP) is 2.07. The van der Waals surface area contributed by atoms with Gasteiger partial charge in [-0.15, -0.1) is 0 Å². The van der Waals surface area contributed by atoms with Crippen molar-refractivity contribution in [3.05, 3.63) is 48.1 Å². The summed E-state index contributed by atoms with van der Waals surface area (Å²) in [5, 5.41) is 6.99. The smallest absolute Gasteiger partial charge is 0.318 e. The molecule has 9 heteroatoms. The van der Waals surface area contributed by atoms with Crippen molar-refractivity contribution in [3.8, 4) is 11.4 Å². The standard InChI is InChI=1S/C17H19N7O2/c1-10(2)21-17(25)24-8-13-12(19-9-20-13)7-14(24)16-22-15(23-26-16)11-3-5-18-6-4-11/h3-6,9-10,14H,7-8H2,1-2H3,(H,19,20)(H,21,25)/t14-/m0/s1. The van der Waals surface area contributed by atoms with Gasteiger partial charge in [-0.25, -0.2) is 9.78 Å². The van der Waals surface area contributed by atoms with Crippen LogP contribution in [0.4, 0.5) is 4.79 Å². The summed E-state index contributed by atoms with van der Waals surface area (Å²) in [6, 6.07) is 3.11. The zero-order valence-corrected chi connectivity index (χ0v) is 14.5. The Labute approximate surface area is 149 Å². The molecule has 0 unspecified atom stereocenters. The lowest BCUT2D eigenvalue weighted by atomic mass is 10.0. The molecule has 0 saturated heterocycles. The second-order valence-corrected chi connectivity index (χ2v) is 6.47. The van der Waals surface area contributed by atoms with Gasteiger partial charge < -0.3 is 19.7 Å². The van der Waals surface area contributed by atoms with E-state index in [2.05, 4.69) is 30.4 Å². The van der Waals surface area contributed by atoms with E-state index >= 15 is 0 Å². The number of urea groups is 1. The first kappa shape index (κ1) is 16.2. The maximum Gasteiger partial charge on any atom is 0.318 e. The highest BCUT2D eigenvalue weighted by atomic mass is 16.5. The van der Waals surface area contributed by atoms with Gasteiger partial charge in [0.1, 0.15) is 6.04 Å². The third-order valence-corrected chi connectivity index (χ3v) is 4.24. The third kappa shape index (κ3) is 3.03. The van der Waals surface area contributed by atoms with Gasteiger partial charge in [0, 0.05) is 30.4 Å². The van der Waals surface area contributed by atoms with E-state index in [9.17, 15) is 4.79 Å². The molecule has 2 amide bonds. The molecule has 4 heterocycles. The summed E-state index contributed by atoms with van der Waals surface area (Å²) in [7, 11) is 0. The zero-order valence-electron chi connectivity index (χ0n) is 14.5. The van der Waals surface area contributed by atoms with Gasteiger partial charge in [0.15, 0.2) is 0 Å². The summed E-state index contributed by atoms with van der Waals surface area (Å²) >= 11 is 0. The van der Waals surface area contributed by atoms with E-state index < -0.39 is 0 Å². The summed E-state index contributed by atoms with van der Waals surface area (Å²) in [6.07, 6.45) is 5.50. The van der Waals surface area contributed by atoms with E-state index in [-0.39, 0.29) is 18.1 Å². The minimum atomic E-state index is -0.368. The Morgan fingerprint density at radius 2 is 2.19 bits per heavy atom. The first-order valence-electron chi connectivity index (χ1n) is 8.44. The lowest BCUT2D eigenvalue weighted by Gasteiger charge is -2.33. The number of carbonyl (C=O) groups is 1. The first-order valence-corrected chi connectivity index (χ1v) is 8.44. The van der Waals surface area contributed by atoms with Gasteiger partial charge >= 0.3 is 6.03 Å². The van der Waals surface area contributed by atoms with Crippen LogP contribution in [0, 0.1) is 0 Å². The van der Waals surface area contributed by atoms with Crippen LogP contribution >= 0.6 is 0 Å². The number of aromatic amines is 1. The highest BCUT2D eigenvalue weighted by Crippen LogP contribution is 2.32. The van der Waals surface area contributed by atoms with E-state index in [0.717, 1.165) is 17.0 Å². The number of aromatic nitrogens is 5. The Bertz CT molecular complexity index is 903. The number of fused-ring (bicyclic) bond motifs is 1. The van der Waals surface area contributed by atoms with Crippen LogP contribution in [0.2, 0.25) is 0 Å². The molecular weight excluding hydrogens is 334 g/mol. The average molecular weight is 353 g/mol. The third-order valence-electron chi connectivity index (χ3n) is 4.24. The molecule has 3 aromatic heterocycles. The van der Waals surface area contributed by atoms with Crippen molar-refractivity contribution in [2.75, 3.05) is 0 Å². The van der Waals surface area contributed by atoms with Gasteiger partial charge in [0.2, 0.25) is 11.7 Å². The molecule has 1 aliphatic heterocycles. The molecule has 0 spiro atoms. The summed E-state index contributed by atoms with van der Waals surface area (Å²) in [4.78, 5) is 30.3. The molecule has 0 aromatic carbocycles. The SMILES string of the molecule is CC(C)NC(=O)N1Cc2[nH]cnc2C[C@H]1c1nc(-c2ccncc2)no1. The molecular formula is C17H19N7O2. The van der Waals surface area contributed by atoms with E-state index in [0.29, 0.717) is 24.7 Å². The van der Waals surface area contributed by atoms with Gasteiger partial charge in [-0.05, 0) is 26.0 Å². The van der Waals surface area contributed by atoms with Crippen molar-refractivity contribution >= 4 is 6.03 Å². The molecule has 4 rings (SSSR count). The average Bonchev–Trinajstić information content (AvgIpc) is 3.29. The largest absolute Gasteiger partial charge is 0.347 e. The molecule has 0 saturated carbocycles. The number of nitrogens with one attached hydrogen (secondary N) is 2. The highest BCUT2D eigenvalue weighted by molar-refractivity contribution is 5.75. The number of nitrogens with zero attached hydrogens (tertiary/aromatic N) is 5. The Balaban J connectivity index is 1.66. The Morgan fingerprint density at radius 3 is 2.96 bits per heavy atom. The topological polar surface area (TPSA) is 113 Å². The summed E-state index contributed by atoms with van der Waals surface area (Å²) in [5.41, 5.74) is 2.64. The fraction of sp³-hybridized carbons (Fsp3) is 0.353. The minimum Gasteiger partial charge on any atom is -0.347 e. The van der Waals surface area contributed by atoms with Gasteiger partial charge in [-0.2, -0.15) is 4.98 Å². The lowest BCUT2D eigenvalue weighted by molar-refractivity contribution is 0.142. The number of amides is 2. The maximum absolute atomic E-state index is 12.7. The number of imidazole rings is 1. The Kier molecular flexibility index (Phi) is 4.11. The summed E-state index contributed by atoms with van der Waals surface area (Å²) in [6.45, 7) is 4.25. The van der Waals surface area contributed by atoms with Crippen LogP contribution < -0.4 is 5.32 Å². The summed E-state index contributed by atoms with van der Waals surface area (Å²) < 4.78 is 5.49. The zero-order chi connectivity index (χ0) is 18.1. The first-order chi connectivity index (χ1) is 12.6. The number of hydrogen-bond donors (Lipinski definition) is 2. The number of hydrogen-bond acceptors (Lipinski definition) is 6. The molecule has 9 nitrogen and oxygen atoms in total. The molecule has 0 aliphatic carbocycles. The molecule has 1 aliphatic rings. The predicted molar refractivity (Wildman–Crippen MR) is 91.8 cm³/mol. The number of rotatable bonds is 3. The van der Waals surface area contributed by atoms with E-state index in [4.69, 9.17) is 4.52 Å². The van der Waals surface area contributed by atoms with Gasteiger partial charge in [-0.3, -0.25) is 4.98 Å². The van der Waals surface area contributed by atoms with Crippen molar-refractivity contribution in [1.82, 2.24) is 35.3 Å². The molecule has 0 bridgehead atoms. The molecule has 0 radical (unpaired) electrons. The monoisotopic (exact) mass is 353 g/mol. The van der Waals surface area contributed by atoms with Crippen molar-refractivity contribution in [3.63, 3.8) is 0 Å². The molecule has 1 atom stereocenters. The van der Waals surface area contributed by atoms with Crippen molar-refractivity contribution in [2.45, 2.75) is 38.9 Å². The van der Waals surface area contributed by atoms with E-state index in [1.807, 2.05) is 26.0 Å². The van der Waals surface area contributed by atoms with Crippen molar-refractivity contribution in [1.29, 1.82) is 0 Å². The number of carbonyl (C=O) groups excluding carboxylic acids is 1. The second kappa shape index (κ2) is 6.58. The normalized spacial score (nSPS) is 16.6. The fourth-order valence-electron chi connectivity index (χ4n) is 2.99.